The lowest BCUT2D eigenvalue weighted by molar-refractivity contribution is -0.162. The van der Waals surface area contributed by atoms with Crippen LogP contribution in [0.3, 0.4) is 0 Å². The molecule has 0 spiro atoms. The van der Waals surface area contributed by atoms with E-state index in [1.165, 1.54) is 12.1 Å². The largest absolute Gasteiger partial charge is 0.534 e. The molecule has 182 valence electrons. The lowest BCUT2D eigenvalue weighted by atomic mass is 10.1. The molecule has 1 unspecified atom stereocenters. The van der Waals surface area contributed by atoms with E-state index in [2.05, 4.69) is 20.8 Å². The van der Waals surface area contributed by atoms with Crippen LogP contribution in [0.1, 0.15) is 49.7 Å². The van der Waals surface area contributed by atoms with E-state index in [9.17, 15) is 26.4 Å². The number of unbranched alkanes of at least 4 members (excludes halogenated alkanes) is 2. The second kappa shape index (κ2) is 12.6. The summed E-state index contributed by atoms with van der Waals surface area (Å²) in [5, 5.41) is 0. The minimum Gasteiger partial charge on any atom is -0.466 e. The average molecular weight is 490 g/mol. The summed E-state index contributed by atoms with van der Waals surface area (Å²) in [6.45, 7) is 1.23. The normalized spacial score (nSPS) is 16.8. The van der Waals surface area contributed by atoms with Gasteiger partial charge >= 0.3 is 21.6 Å². The van der Waals surface area contributed by atoms with E-state index in [1.807, 2.05) is 0 Å². The van der Waals surface area contributed by atoms with E-state index in [0.29, 0.717) is 26.1 Å². The molecule has 1 heterocycles. The van der Waals surface area contributed by atoms with Crippen molar-refractivity contribution in [3.63, 3.8) is 0 Å². The third-order valence-electron chi connectivity index (χ3n) is 4.50. The quantitative estimate of drug-likeness (QED) is 0.128. The van der Waals surface area contributed by atoms with Crippen molar-refractivity contribution in [2.45, 2.75) is 50.3 Å². The van der Waals surface area contributed by atoms with Crippen LogP contribution in [0.2, 0.25) is 0 Å². The maximum Gasteiger partial charge on any atom is 0.534 e. The Morgan fingerprint density at radius 1 is 1.27 bits per heavy atom. The van der Waals surface area contributed by atoms with Gasteiger partial charge in [-0.2, -0.15) is 21.6 Å². The van der Waals surface area contributed by atoms with Gasteiger partial charge < -0.3 is 18.4 Å². The van der Waals surface area contributed by atoms with Crippen LogP contribution in [0.25, 0.3) is 6.08 Å². The van der Waals surface area contributed by atoms with Crippen LogP contribution in [0.5, 0.6) is 5.75 Å². The van der Waals surface area contributed by atoms with Gasteiger partial charge in [0.2, 0.25) is 0 Å². The number of halogens is 3. The standard InChI is InChI=1S/C22H25F3O7S/c1-29-20(26)14-13-18-17(10-8-11-19(18)32-33(27,28)22(23,24)25)9-4-2-3-6-15-30-21-12-5-7-16-31-21/h8,10-11,13-14,21H,2-3,5-7,12,15-16H2,1H3/b14-13+. The lowest BCUT2D eigenvalue weighted by Gasteiger charge is -2.22. The summed E-state index contributed by atoms with van der Waals surface area (Å²) in [7, 11) is -4.78. The average Bonchev–Trinajstić information content (AvgIpc) is 2.77. The van der Waals surface area contributed by atoms with Gasteiger partial charge in [-0.15, -0.1) is 0 Å². The van der Waals surface area contributed by atoms with Crippen molar-refractivity contribution in [2.75, 3.05) is 20.3 Å². The second-order valence-electron chi connectivity index (χ2n) is 6.98. The molecule has 2 rings (SSSR count). The number of ether oxygens (including phenoxy) is 3. The molecule has 0 aromatic heterocycles. The van der Waals surface area contributed by atoms with Crippen LogP contribution >= 0.6 is 0 Å². The molecule has 0 bridgehead atoms. The van der Waals surface area contributed by atoms with Gasteiger partial charge in [-0.05, 0) is 50.3 Å². The Morgan fingerprint density at radius 2 is 2.06 bits per heavy atom. The first-order valence-corrected chi connectivity index (χ1v) is 11.7. The van der Waals surface area contributed by atoms with Gasteiger partial charge in [-0.25, -0.2) is 4.79 Å². The van der Waals surface area contributed by atoms with Crippen molar-refractivity contribution in [3.05, 3.63) is 35.4 Å². The maximum absolute atomic E-state index is 12.7. The molecule has 1 aliphatic heterocycles. The molecule has 33 heavy (non-hydrogen) atoms. The predicted molar refractivity (Wildman–Crippen MR) is 113 cm³/mol. The third kappa shape index (κ3) is 8.72. The van der Waals surface area contributed by atoms with Crippen molar-refractivity contribution in [1.82, 2.24) is 0 Å². The Hall–Kier alpha value is -2.55. The van der Waals surface area contributed by atoms with E-state index in [0.717, 1.165) is 51.0 Å². The fraction of sp³-hybridized carbons (Fsp3) is 0.500. The Labute approximate surface area is 191 Å². The minimum absolute atomic E-state index is 0.0963. The fourth-order valence-corrected chi connectivity index (χ4v) is 3.29. The van der Waals surface area contributed by atoms with E-state index in [4.69, 9.17) is 9.47 Å². The van der Waals surface area contributed by atoms with E-state index in [-0.39, 0.29) is 17.4 Å². The van der Waals surface area contributed by atoms with E-state index >= 15 is 0 Å². The Kier molecular flexibility index (Phi) is 10.2. The molecule has 1 aliphatic rings. The topological polar surface area (TPSA) is 88.1 Å². The zero-order valence-corrected chi connectivity index (χ0v) is 18.8. The van der Waals surface area contributed by atoms with Gasteiger partial charge in [0.15, 0.2) is 12.0 Å². The van der Waals surface area contributed by atoms with Crippen molar-refractivity contribution in [2.24, 2.45) is 0 Å². The molecule has 0 radical (unpaired) electrons. The molecule has 0 amide bonds. The number of carbonyl (C=O) groups is 1. The second-order valence-corrected chi connectivity index (χ2v) is 8.52. The number of esters is 1. The van der Waals surface area contributed by atoms with Crippen LogP contribution in [-0.2, 0) is 29.1 Å². The number of benzene rings is 1. The SMILES string of the molecule is COC(=O)/C=C/c1c(C#CCCCCOC2CCCCO2)cccc1OS(=O)(=O)C(F)(F)F. The van der Waals surface area contributed by atoms with Crippen LogP contribution in [0, 0.1) is 11.8 Å². The third-order valence-corrected chi connectivity index (χ3v) is 5.46. The van der Waals surface area contributed by atoms with Gasteiger partial charge in [-0.1, -0.05) is 17.9 Å². The highest BCUT2D eigenvalue weighted by atomic mass is 32.2. The smallest absolute Gasteiger partial charge is 0.466 e. The summed E-state index contributed by atoms with van der Waals surface area (Å²) >= 11 is 0. The summed E-state index contributed by atoms with van der Waals surface area (Å²) in [4.78, 5) is 11.4. The molecule has 1 saturated heterocycles. The van der Waals surface area contributed by atoms with Crippen LogP contribution in [-0.4, -0.2) is 46.5 Å². The number of carbonyl (C=O) groups excluding carboxylic acids is 1. The van der Waals surface area contributed by atoms with Gasteiger partial charge in [-0.3, -0.25) is 0 Å². The molecule has 0 saturated carbocycles. The van der Waals surface area contributed by atoms with Gasteiger partial charge in [0.25, 0.3) is 0 Å². The van der Waals surface area contributed by atoms with E-state index < -0.39 is 27.3 Å². The van der Waals surface area contributed by atoms with Crippen LogP contribution < -0.4 is 4.18 Å². The fourth-order valence-electron chi connectivity index (χ4n) is 2.81. The van der Waals surface area contributed by atoms with Crippen molar-refractivity contribution < 1.29 is 44.8 Å². The molecular weight excluding hydrogens is 465 g/mol. The van der Waals surface area contributed by atoms with Crippen LogP contribution in [0.15, 0.2) is 24.3 Å². The molecule has 0 N–H and O–H groups in total. The van der Waals surface area contributed by atoms with Gasteiger partial charge in [0, 0.05) is 36.8 Å². The highest BCUT2D eigenvalue weighted by molar-refractivity contribution is 7.88. The van der Waals surface area contributed by atoms with Gasteiger partial charge in [0.05, 0.1) is 7.11 Å². The Balaban J connectivity index is 2.07. The molecule has 11 heteroatoms. The maximum atomic E-state index is 12.7. The summed E-state index contributed by atoms with van der Waals surface area (Å²) < 4.78 is 80.9. The summed E-state index contributed by atoms with van der Waals surface area (Å²) in [5.41, 5.74) is -5.51. The minimum atomic E-state index is -5.90. The molecule has 1 aromatic rings. The molecule has 0 aliphatic carbocycles. The summed E-state index contributed by atoms with van der Waals surface area (Å²) in [6, 6.07) is 3.81. The van der Waals surface area contributed by atoms with Gasteiger partial charge in [0.1, 0.15) is 0 Å². The molecule has 7 nitrogen and oxygen atoms in total. The van der Waals surface area contributed by atoms with E-state index in [1.54, 1.807) is 0 Å². The predicted octanol–water partition coefficient (Wildman–Crippen LogP) is 4.17. The number of hydrogen-bond acceptors (Lipinski definition) is 7. The van der Waals surface area contributed by atoms with Crippen molar-refractivity contribution in [3.8, 4) is 17.6 Å². The number of alkyl halides is 3. The number of methoxy groups -OCH3 is 1. The highest BCUT2D eigenvalue weighted by Crippen LogP contribution is 2.31. The highest BCUT2D eigenvalue weighted by Gasteiger charge is 2.48. The first-order valence-electron chi connectivity index (χ1n) is 10.3. The zero-order chi connectivity index (χ0) is 24.3. The first kappa shape index (κ1) is 26.7. The molecule has 1 fully saturated rings. The Bertz CT molecular complexity index is 985. The zero-order valence-electron chi connectivity index (χ0n) is 18.0. The number of rotatable bonds is 9. The molecule has 1 atom stereocenters. The van der Waals surface area contributed by atoms with Crippen molar-refractivity contribution in [1.29, 1.82) is 0 Å². The molecule has 1 aromatic carbocycles. The monoisotopic (exact) mass is 490 g/mol. The van der Waals surface area contributed by atoms with Crippen LogP contribution in [0.4, 0.5) is 13.2 Å². The number of hydrogen-bond donors (Lipinski definition) is 0. The summed E-state index contributed by atoms with van der Waals surface area (Å²) in [6.07, 6.45) is 6.79. The van der Waals surface area contributed by atoms with Crippen molar-refractivity contribution >= 4 is 22.2 Å². The first-order chi connectivity index (χ1) is 15.6. The summed E-state index contributed by atoms with van der Waals surface area (Å²) in [5.74, 6) is 4.27. The Morgan fingerprint density at radius 3 is 2.73 bits per heavy atom. The molecular formula is C22H25F3O7S. The lowest BCUT2D eigenvalue weighted by Crippen LogP contribution is -2.28.